The van der Waals surface area contributed by atoms with Crippen molar-refractivity contribution in [1.29, 1.82) is 5.26 Å². The van der Waals surface area contributed by atoms with Gasteiger partial charge in [-0.2, -0.15) is 10.4 Å². The zero-order chi connectivity index (χ0) is 11.7. The van der Waals surface area contributed by atoms with Crippen LogP contribution in [-0.2, 0) is 0 Å². The Labute approximate surface area is 100 Å². The van der Waals surface area contributed by atoms with Crippen LogP contribution in [0.5, 0.6) is 0 Å². The summed E-state index contributed by atoms with van der Waals surface area (Å²) in [5.41, 5.74) is 0.575. The monoisotopic (exact) mass is 229 g/mol. The molecule has 1 aromatic heterocycles. The molecule has 2 saturated heterocycles. The molecule has 5 heteroatoms. The minimum Gasteiger partial charge on any atom is -0.365 e. The Kier molecular flexibility index (Phi) is 2.65. The molecule has 2 unspecified atom stereocenters. The predicted molar refractivity (Wildman–Crippen MR) is 63.3 cm³/mol. The van der Waals surface area contributed by atoms with Crippen LogP contribution in [0.3, 0.4) is 0 Å². The molecule has 0 spiro atoms. The normalized spacial score (nSPS) is 30.9. The van der Waals surface area contributed by atoms with Crippen molar-refractivity contribution in [2.75, 3.05) is 5.32 Å². The fourth-order valence-corrected chi connectivity index (χ4v) is 2.90. The van der Waals surface area contributed by atoms with E-state index in [2.05, 4.69) is 26.9 Å². The van der Waals surface area contributed by atoms with Gasteiger partial charge in [0.05, 0.1) is 11.8 Å². The van der Waals surface area contributed by atoms with E-state index in [0.717, 1.165) is 12.8 Å². The second-order valence-corrected chi connectivity index (χ2v) is 4.86. The van der Waals surface area contributed by atoms with Crippen LogP contribution in [0.4, 0.5) is 5.82 Å². The number of anilines is 1. The molecule has 2 atom stereocenters. The van der Waals surface area contributed by atoms with Crippen molar-refractivity contribution < 1.29 is 0 Å². The van der Waals surface area contributed by atoms with E-state index in [1.54, 1.807) is 12.3 Å². The molecule has 1 aromatic rings. The molecular formula is C12H15N5. The summed E-state index contributed by atoms with van der Waals surface area (Å²) in [5, 5.41) is 23.8. The predicted octanol–water partition coefficient (Wildman–Crippen LogP) is 1.04. The molecule has 2 aliphatic heterocycles. The average molecular weight is 229 g/mol. The van der Waals surface area contributed by atoms with E-state index in [9.17, 15) is 0 Å². The lowest BCUT2D eigenvalue weighted by Crippen LogP contribution is -2.43. The second kappa shape index (κ2) is 4.30. The first kappa shape index (κ1) is 10.5. The summed E-state index contributed by atoms with van der Waals surface area (Å²) in [7, 11) is 0. The molecule has 0 saturated carbocycles. The summed E-state index contributed by atoms with van der Waals surface area (Å²) in [5.74, 6) is 0.626. The maximum absolute atomic E-state index is 8.99. The molecule has 0 amide bonds. The van der Waals surface area contributed by atoms with E-state index in [-0.39, 0.29) is 0 Å². The van der Waals surface area contributed by atoms with Crippen LogP contribution in [0.15, 0.2) is 12.3 Å². The number of nitrogens with one attached hydrogen (secondary N) is 2. The van der Waals surface area contributed by atoms with E-state index in [0.29, 0.717) is 29.5 Å². The third kappa shape index (κ3) is 2.08. The van der Waals surface area contributed by atoms with Crippen molar-refractivity contribution in [1.82, 2.24) is 15.5 Å². The number of piperidine rings is 1. The van der Waals surface area contributed by atoms with Gasteiger partial charge < -0.3 is 10.6 Å². The fourth-order valence-electron chi connectivity index (χ4n) is 2.90. The van der Waals surface area contributed by atoms with Crippen molar-refractivity contribution in [3.63, 3.8) is 0 Å². The van der Waals surface area contributed by atoms with Gasteiger partial charge in [-0.25, -0.2) is 0 Å². The summed E-state index contributed by atoms with van der Waals surface area (Å²) in [6, 6.07) is 5.52. The van der Waals surface area contributed by atoms with E-state index >= 15 is 0 Å². The zero-order valence-corrected chi connectivity index (χ0v) is 9.56. The van der Waals surface area contributed by atoms with Gasteiger partial charge in [-0.3, -0.25) is 0 Å². The minimum absolute atomic E-state index is 0.414. The van der Waals surface area contributed by atoms with Gasteiger partial charge in [-0.1, -0.05) is 0 Å². The topological polar surface area (TPSA) is 73.6 Å². The fraction of sp³-hybridized carbons (Fsp3) is 0.583. The summed E-state index contributed by atoms with van der Waals surface area (Å²) in [6.07, 6.45) is 6.31. The minimum atomic E-state index is 0.414. The van der Waals surface area contributed by atoms with Crippen molar-refractivity contribution >= 4 is 5.82 Å². The zero-order valence-electron chi connectivity index (χ0n) is 9.56. The Morgan fingerprint density at radius 3 is 2.82 bits per heavy atom. The smallest absolute Gasteiger partial charge is 0.166 e. The average Bonchev–Trinajstić information content (AvgIpc) is 2.69. The van der Waals surface area contributed by atoms with E-state index in [1.807, 2.05) is 0 Å². The largest absolute Gasteiger partial charge is 0.365 e. The molecule has 2 bridgehead atoms. The van der Waals surface area contributed by atoms with Crippen LogP contribution < -0.4 is 10.6 Å². The first-order valence-electron chi connectivity index (χ1n) is 6.09. The van der Waals surface area contributed by atoms with Gasteiger partial charge in [0, 0.05) is 18.1 Å². The number of hydrogen-bond acceptors (Lipinski definition) is 5. The number of nitrogens with zero attached hydrogens (tertiary/aromatic N) is 3. The van der Waals surface area contributed by atoms with Crippen LogP contribution in [0, 0.1) is 11.3 Å². The Balaban J connectivity index is 1.73. The summed E-state index contributed by atoms with van der Waals surface area (Å²) < 4.78 is 0. The van der Waals surface area contributed by atoms with Crippen LogP contribution in [0.1, 0.15) is 31.2 Å². The van der Waals surface area contributed by atoms with Gasteiger partial charge in [0.15, 0.2) is 5.82 Å². The third-order valence-electron chi connectivity index (χ3n) is 3.66. The quantitative estimate of drug-likeness (QED) is 0.792. The molecule has 5 nitrogen and oxygen atoms in total. The molecule has 3 heterocycles. The molecule has 2 N–H and O–H groups in total. The Hall–Kier alpha value is -1.67. The number of nitriles is 1. The maximum atomic E-state index is 8.99. The number of fused-ring (bicyclic) bond motifs is 2. The van der Waals surface area contributed by atoms with E-state index in [4.69, 9.17) is 5.26 Å². The standard InChI is InChI=1S/C12H15N5/c13-7-8-3-4-14-17-12(8)16-11-5-9-1-2-10(6-11)15-9/h3-4,9-11,15H,1-2,5-6H2,(H,16,17). The van der Waals surface area contributed by atoms with E-state index < -0.39 is 0 Å². The molecular weight excluding hydrogens is 214 g/mol. The Morgan fingerprint density at radius 1 is 1.35 bits per heavy atom. The van der Waals surface area contributed by atoms with Gasteiger partial charge >= 0.3 is 0 Å². The molecule has 0 radical (unpaired) electrons. The molecule has 0 aromatic carbocycles. The highest BCUT2D eigenvalue weighted by molar-refractivity contribution is 5.50. The second-order valence-electron chi connectivity index (χ2n) is 4.86. The van der Waals surface area contributed by atoms with Crippen LogP contribution in [-0.4, -0.2) is 28.3 Å². The molecule has 2 fully saturated rings. The lowest BCUT2D eigenvalue weighted by atomic mass is 10.00. The SMILES string of the molecule is N#Cc1ccnnc1NC1CC2CCC(C1)N2. The van der Waals surface area contributed by atoms with Crippen molar-refractivity contribution in [3.8, 4) is 6.07 Å². The van der Waals surface area contributed by atoms with Crippen molar-refractivity contribution in [2.45, 2.75) is 43.8 Å². The van der Waals surface area contributed by atoms with Gasteiger partial charge in [-0.05, 0) is 31.7 Å². The van der Waals surface area contributed by atoms with Gasteiger partial charge in [-0.15, -0.1) is 5.10 Å². The lowest BCUT2D eigenvalue weighted by Gasteiger charge is -2.30. The third-order valence-corrected chi connectivity index (χ3v) is 3.66. The molecule has 3 rings (SSSR count). The maximum Gasteiger partial charge on any atom is 0.166 e. The van der Waals surface area contributed by atoms with Crippen molar-refractivity contribution in [2.24, 2.45) is 0 Å². The Morgan fingerprint density at radius 2 is 2.12 bits per heavy atom. The number of aromatic nitrogens is 2. The summed E-state index contributed by atoms with van der Waals surface area (Å²) in [6.45, 7) is 0. The number of rotatable bonds is 2. The highest BCUT2D eigenvalue weighted by Gasteiger charge is 2.33. The molecule has 0 aliphatic carbocycles. The molecule has 2 aliphatic rings. The molecule has 17 heavy (non-hydrogen) atoms. The highest BCUT2D eigenvalue weighted by atomic mass is 15.2. The first-order valence-corrected chi connectivity index (χ1v) is 6.09. The molecule has 88 valence electrons. The van der Waals surface area contributed by atoms with Gasteiger partial charge in [0.2, 0.25) is 0 Å². The van der Waals surface area contributed by atoms with Crippen LogP contribution in [0.25, 0.3) is 0 Å². The number of hydrogen-bond donors (Lipinski definition) is 2. The van der Waals surface area contributed by atoms with E-state index in [1.165, 1.54) is 12.8 Å². The van der Waals surface area contributed by atoms with Gasteiger partial charge in [0.1, 0.15) is 6.07 Å². The van der Waals surface area contributed by atoms with Crippen LogP contribution >= 0.6 is 0 Å². The van der Waals surface area contributed by atoms with Crippen LogP contribution in [0.2, 0.25) is 0 Å². The Bertz CT molecular complexity index is 440. The first-order chi connectivity index (χ1) is 8.35. The van der Waals surface area contributed by atoms with Crippen molar-refractivity contribution in [3.05, 3.63) is 17.8 Å². The summed E-state index contributed by atoms with van der Waals surface area (Å²) >= 11 is 0. The lowest BCUT2D eigenvalue weighted by molar-refractivity contribution is 0.377. The highest BCUT2D eigenvalue weighted by Crippen LogP contribution is 2.28. The summed E-state index contributed by atoms with van der Waals surface area (Å²) in [4.78, 5) is 0. The van der Waals surface area contributed by atoms with Gasteiger partial charge in [0.25, 0.3) is 0 Å².